The molecule has 0 bridgehead atoms. The third kappa shape index (κ3) is 5.68. The van der Waals surface area contributed by atoms with Gasteiger partial charge in [-0.1, -0.05) is 50.2 Å². The fourth-order valence-electron chi connectivity index (χ4n) is 2.81. The lowest BCUT2D eigenvalue weighted by molar-refractivity contribution is 0.0415. The van der Waals surface area contributed by atoms with Gasteiger partial charge in [0.15, 0.2) is 0 Å². The standard InChI is InChI=1S/C22H29NO3/c1-16(2)19-6-4-7-20(14-19)17-8-10-18(11-9-17)21(25)23-15-22(3,26)12-5-13-24/h4,6-11,14,16,24,26H,5,12-13,15H2,1-3H3,(H,23,25)/t22-/m0/s1. The van der Waals surface area contributed by atoms with E-state index in [0.717, 1.165) is 11.1 Å². The van der Waals surface area contributed by atoms with Crippen LogP contribution in [0.3, 0.4) is 0 Å². The molecule has 2 rings (SSSR count). The topological polar surface area (TPSA) is 69.6 Å². The van der Waals surface area contributed by atoms with E-state index in [9.17, 15) is 9.90 Å². The van der Waals surface area contributed by atoms with Gasteiger partial charge in [0.05, 0.1) is 5.60 Å². The number of nitrogens with one attached hydrogen (secondary N) is 1. The summed E-state index contributed by atoms with van der Waals surface area (Å²) in [6.07, 6.45) is 0.946. The third-order valence-electron chi connectivity index (χ3n) is 4.54. The number of hydrogen-bond donors (Lipinski definition) is 3. The second kappa shape index (κ2) is 8.97. The largest absolute Gasteiger partial charge is 0.396 e. The number of carbonyl (C=O) groups excluding carboxylic acids is 1. The lowest BCUT2D eigenvalue weighted by atomic mass is 9.97. The Balaban J connectivity index is 2.02. The number of aliphatic hydroxyl groups is 2. The highest BCUT2D eigenvalue weighted by atomic mass is 16.3. The van der Waals surface area contributed by atoms with Crippen LogP contribution >= 0.6 is 0 Å². The number of hydrogen-bond acceptors (Lipinski definition) is 3. The molecule has 0 aliphatic carbocycles. The van der Waals surface area contributed by atoms with Gasteiger partial charge in [0.2, 0.25) is 0 Å². The van der Waals surface area contributed by atoms with Crippen LogP contribution in [0.15, 0.2) is 48.5 Å². The lowest BCUT2D eigenvalue weighted by Gasteiger charge is -2.23. The molecule has 0 aromatic heterocycles. The van der Waals surface area contributed by atoms with Crippen LogP contribution in [0.1, 0.15) is 55.5 Å². The summed E-state index contributed by atoms with van der Waals surface area (Å²) in [7, 11) is 0. The first-order valence-corrected chi connectivity index (χ1v) is 9.14. The highest BCUT2D eigenvalue weighted by Gasteiger charge is 2.20. The van der Waals surface area contributed by atoms with Crippen LogP contribution in [0.25, 0.3) is 11.1 Å². The Bertz CT molecular complexity index is 720. The van der Waals surface area contributed by atoms with Crippen LogP contribution in [0.5, 0.6) is 0 Å². The fraction of sp³-hybridized carbons (Fsp3) is 0.409. The maximum atomic E-state index is 12.3. The summed E-state index contributed by atoms with van der Waals surface area (Å²) in [6, 6.07) is 15.9. The molecule has 4 heteroatoms. The smallest absolute Gasteiger partial charge is 0.251 e. The van der Waals surface area contributed by atoms with Crippen LogP contribution in [0, 0.1) is 0 Å². The molecule has 1 amide bonds. The molecule has 0 aliphatic heterocycles. The highest BCUT2D eigenvalue weighted by Crippen LogP contribution is 2.24. The minimum Gasteiger partial charge on any atom is -0.396 e. The van der Waals surface area contributed by atoms with E-state index in [-0.39, 0.29) is 19.1 Å². The Morgan fingerprint density at radius 2 is 1.81 bits per heavy atom. The molecule has 0 heterocycles. The number of carbonyl (C=O) groups is 1. The van der Waals surface area contributed by atoms with E-state index in [1.807, 2.05) is 12.1 Å². The van der Waals surface area contributed by atoms with Crippen molar-refractivity contribution in [2.75, 3.05) is 13.2 Å². The number of rotatable bonds is 8. The van der Waals surface area contributed by atoms with Gasteiger partial charge < -0.3 is 15.5 Å². The molecule has 2 aromatic rings. The second-order valence-electron chi connectivity index (χ2n) is 7.36. The first kappa shape index (κ1) is 20.1. The summed E-state index contributed by atoms with van der Waals surface area (Å²) in [5, 5.41) is 21.8. The number of aliphatic hydroxyl groups excluding tert-OH is 1. The first-order valence-electron chi connectivity index (χ1n) is 9.14. The summed E-state index contributed by atoms with van der Waals surface area (Å²) in [4.78, 5) is 12.3. The van der Waals surface area contributed by atoms with Gasteiger partial charge in [0.25, 0.3) is 5.91 Å². The van der Waals surface area contributed by atoms with E-state index in [0.29, 0.717) is 24.3 Å². The second-order valence-corrected chi connectivity index (χ2v) is 7.36. The number of amides is 1. The molecule has 2 aromatic carbocycles. The van der Waals surface area contributed by atoms with Crippen molar-refractivity contribution in [1.29, 1.82) is 0 Å². The maximum Gasteiger partial charge on any atom is 0.251 e. The Hall–Kier alpha value is -2.17. The molecule has 0 unspecified atom stereocenters. The van der Waals surface area contributed by atoms with Crippen molar-refractivity contribution < 1.29 is 15.0 Å². The zero-order valence-corrected chi connectivity index (χ0v) is 15.8. The van der Waals surface area contributed by atoms with Gasteiger partial charge >= 0.3 is 0 Å². The highest BCUT2D eigenvalue weighted by molar-refractivity contribution is 5.94. The lowest BCUT2D eigenvalue weighted by Crippen LogP contribution is -2.40. The molecule has 0 spiro atoms. The SMILES string of the molecule is CC(C)c1cccc(-c2ccc(C(=O)NC[C@@](C)(O)CCCO)cc2)c1. The molecule has 3 N–H and O–H groups in total. The predicted molar refractivity (Wildman–Crippen MR) is 105 cm³/mol. The zero-order chi connectivity index (χ0) is 19.2. The molecule has 140 valence electrons. The van der Waals surface area contributed by atoms with Crippen LogP contribution in [-0.4, -0.2) is 34.9 Å². The van der Waals surface area contributed by atoms with Gasteiger partial charge in [0.1, 0.15) is 0 Å². The zero-order valence-electron chi connectivity index (χ0n) is 15.8. The van der Waals surface area contributed by atoms with Gasteiger partial charge in [-0.25, -0.2) is 0 Å². The average molecular weight is 355 g/mol. The average Bonchev–Trinajstić information content (AvgIpc) is 2.65. The summed E-state index contributed by atoms with van der Waals surface area (Å²) >= 11 is 0. The third-order valence-corrected chi connectivity index (χ3v) is 4.54. The Kier molecular flexibility index (Phi) is 6.95. The molecule has 0 saturated heterocycles. The van der Waals surface area contributed by atoms with Crippen LogP contribution < -0.4 is 5.32 Å². The van der Waals surface area contributed by atoms with Gasteiger partial charge in [-0.05, 0) is 54.5 Å². The summed E-state index contributed by atoms with van der Waals surface area (Å²) in [5.74, 6) is 0.260. The molecular formula is C22H29NO3. The summed E-state index contributed by atoms with van der Waals surface area (Å²) in [6.45, 7) is 6.19. The first-order chi connectivity index (χ1) is 12.3. The van der Waals surface area contributed by atoms with Crippen molar-refractivity contribution in [2.24, 2.45) is 0 Å². The molecular weight excluding hydrogens is 326 g/mol. The minimum absolute atomic E-state index is 0.0313. The van der Waals surface area contributed by atoms with Crippen molar-refractivity contribution in [3.8, 4) is 11.1 Å². The Morgan fingerprint density at radius 1 is 1.12 bits per heavy atom. The Labute approximate surface area is 155 Å². The molecule has 0 fully saturated rings. The number of benzene rings is 2. The van der Waals surface area contributed by atoms with E-state index in [1.165, 1.54) is 5.56 Å². The van der Waals surface area contributed by atoms with E-state index < -0.39 is 5.60 Å². The molecule has 1 atom stereocenters. The molecule has 0 aliphatic rings. The maximum absolute atomic E-state index is 12.3. The van der Waals surface area contributed by atoms with Crippen molar-refractivity contribution in [3.63, 3.8) is 0 Å². The summed E-state index contributed by atoms with van der Waals surface area (Å²) < 4.78 is 0. The van der Waals surface area contributed by atoms with E-state index in [1.54, 1.807) is 19.1 Å². The quantitative estimate of drug-likeness (QED) is 0.676. The van der Waals surface area contributed by atoms with E-state index >= 15 is 0 Å². The van der Waals surface area contributed by atoms with E-state index in [4.69, 9.17) is 5.11 Å². The van der Waals surface area contributed by atoms with Gasteiger partial charge in [-0.15, -0.1) is 0 Å². The summed E-state index contributed by atoms with van der Waals surface area (Å²) in [5.41, 5.74) is 3.03. The van der Waals surface area contributed by atoms with E-state index in [2.05, 4.69) is 43.4 Å². The molecule has 4 nitrogen and oxygen atoms in total. The van der Waals surface area contributed by atoms with Crippen molar-refractivity contribution in [1.82, 2.24) is 5.32 Å². The van der Waals surface area contributed by atoms with Crippen LogP contribution in [0.4, 0.5) is 0 Å². The molecule has 0 radical (unpaired) electrons. The van der Waals surface area contributed by atoms with Crippen LogP contribution in [0.2, 0.25) is 0 Å². The van der Waals surface area contributed by atoms with Crippen molar-refractivity contribution in [3.05, 3.63) is 59.7 Å². The Morgan fingerprint density at radius 3 is 2.42 bits per heavy atom. The monoisotopic (exact) mass is 355 g/mol. The van der Waals surface area contributed by atoms with Crippen molar-refractivity contribution in [2.45, 2.75) is 45.1 Å². The van der Waals surface area contributed by atoms with Crippen LogP contribution in [-0.2, 0) is 0 Å². The minimum atomic E-state index is -1.02. The molecule has 26 heavy (non-hydrogen) atoms. The molecule has 0 saturated carbocycles. The van der Waals surface area contributed by atoms with Gasteiger partial charge in [-0.2, -0.15) is 0 Å². The fourth-order valence-corrected chi connectivity index (χ4v) is 2.81. The predicted octanol–water partition coefficient (Wildman–Crippen LogP) is 3.73. The van der Waals surface area contributed by atoms with Gasteiger partial charge in [-0.3, -0.25) is 4.79 Å². The van der Waals surface area contributed by atoms with Crippen molar-refractivity contribution >= 4 is 5.91 Å². The normalized spacial score (nSPS) is 13.5. The van der Waals surface area contributed by atoms with Gasteiger partial charge in [0, 0.05) is 18.7 Å².